The minimum atomic E-state index is -4.79. The lowest BCUT2D eigenvalue weighted by molar-refractivity contribution is -0.161. The number of fused-ring (bicyclic) bond motifs is 3. The van der Waals surface area contributed by atoms with Crippen LogP contribution >= 0.6 is 0 Å². The maximum atomic E-state index is 12.6. The number of alkyl halides is 3. The van der Waals surface area contributed by atoms with Crippen LogP contribution in [0, 0.1) is 0 Å². The number of amides is 2. The van der Waals surface area contributed by atoms with Crippen molar-refractivity contribution in [2.24, 2.45) is 0 Å². The van der Waals surface area contributed by atoms with Gasteiger partial charge in [-0.1, -0.05) is 48.5 Å². The van der Waals surface area contributed by atoms with Crippen molar-refractivity contribution in [3.05, 3.63) is 59.7 Å². The van der Waals surface area contributed by atoms with Crippen LogP contribution < -0.4 is 10.6 Å². The number of carbonyl (C=O) groups is 3. The van der Waals surface area contributed by atoms with E-state index in [1.54, 1.807) is 0 Å². The fourth-order valence-electron chi connectivity index (χ4n) is 4.47. The van der Waals surface area contributed by atoms with Gasteiger partial charge in [-0.2, -0.15) is 13.2 Å². The van der Waals surface area contributed by atoms with Crippen LogP contribution in [0.25, 0.3) is 11.1 Å². The molecule has 3 atom stereocenters. The maximum absolute atomic E-state index is 12.6. The summed E-state index contributed by atoms with van der Waals surface area (Å²) in [6.07, 6.45) is -8.47. The molecule has 2 aromatic carbocycles. The van der Waals surface area contributed by atoms with E-state index < -0.39 is 48.8 Å². The lowest BCUT2D eigenvalue weighted by Gasteiger charge is -2.22. The van der Waals surface area contributed by atoms with E-state index in [4.69, 9.17) is 14.6 Å². The standard InChI is InChI=1S/C24H23F3N2O6/c25-24(26,27)11-19(22(31)32)28-21(30)20-18(9-10-34-20)29-23(33)35-12-17-15-7-3-1-5-13(15)14-6-2-4-8-16(14)17/h1-8,17-20H,9-12H2,(H,28,30)(H,29,33)(H,31,32)/t18-,19?,20+/m0/s1. The summed E-state index contributed by atoms with van der Waals surface area (Å²) >= 11 is 0. The van der Waals surface area contributed by atoms with Gasteiger partial charge < -0.3 is 25.2 Å². The lowest BCUT2D eigenvalue weighted by Crippen LogP contribution is -2.53. The molecule has 0 saturated carbocycles. The van der Waals surface area contributed by atoms with Crippen LogP contribution in [0.4, 0.5) is 18.0 Å². The average Bonchev–Trinajstić information content (AvgIpc) is 3.39. The normalized spacial score (nSPS) is 20.0. The molecule has 11 heteroatoms. The first-order chi connectivity index (χ1) is 16.6. The van der Waals surface area contributed by atoms with Crippen LogP contribution in [0.15, 0.2) is 48.5 Å². The molecule has 3 N–H and O–H groups in total. The zero-order valence-corrected chi connectivity index (χ0v) is 18.4. The summed E-state index contributed by atoms with van der Waals surface area (Å²) in [5.41, 5.74) is 4.16. The van der Waals surface area contributed by atoms with Crippen molar-refractivity contribution in [2.45, 2.75) is 43.1 Å². The Morgan fingerprint density at radius 1 is 1.06 bits per heavy atom. The van der Waals surface area contributed by atoms with Gasteiger partial charge in [0, 0.05) is 12.5 Å². The number of carboxylic acids is 1. The van der Waals surface area contributed by atoms with Gasteiger partial charge in [0.1, 0.15) is 12.6 Å². The van der Waals surface area contributed by atoms with Gasteiger partial charge in [0.2, 0.25) is 0 Å². The Labute approximate surface area is 198 Å². The molecule has 1 saturated heterocycles. The Kier molecular flexibility index (Phi) is 6.97. The number of hydrogen-bond donors (Lipinski definition) is 3. The van der Waals surface area contributed by atoms with Gasteiger partial charge in [0.05, 0.1) is 12.5 Å². The quantitative estimate of drug-likeness (QED) is 0.547. The summed E-state index contributed by atoms with van der Waals surface area (Å²) in [5.74, 6) is -3.05. The van der Waals surface area contributed by atoms with Crippen molar-refractivity contribution < 1.29 is 42.1 Å². The number of nitrogens with one attached hydrogen (secondary N) is 2. The van der Waals surface area contributed by atoms with E-state index in [0.29, 0.717) is 0 Å². The first kappa shape index (κ1) is 24.5. The Hall–Kier alpha value is -3.60. The van der Waals surface area contributed by atoms with E-state index in [-0.39, 0.29) is 25.6 Å². The number of ether oxygens (including phenoxy) is 2. The van der Waals surface area contributed by atoms with Crippen molar-refractivity contribution in [3.8, 4) is 11.1 Å². The van der Waals surface area contributed by atoms with Gasteiger partial charge in [-0.3, -0.25) is 4.79 Å². The second-order valence-corrected chi connectivity index (χ2v) is 8.38. The molecule has 0 bridgehead atoms. The van der Waals surface area contributed by atoms with Crippen LogP contribution in [-0.2, 0) is 19.1 Å². The first-order valence-corrected chi connectivity index (χ1v) is 11.0. The SMILES string of the molecule is O=C(N[C@H]1CCO[C@H]1C(=O)NC(CC(F)(F)F)C(=O)O)OCC1c2ccccc2-c2ccccc21. The highest BCUT2D eigenvalue weighted by atomic mass is 19.4. The molecule has 2 aliphatic rings. The number of hydrogen-bond acceptors (Lipinski definition) is 5. The van der Waals surface area contributed by atoms with Crippen LogP contribution in [-0.4, -0.2) is 60.7 Å². The van der Waals surface area contributed by atoms with Crippen molar-refractivity contribution >= 4 is 18.0 Å². The van der Waals surface area contributed by atoms with Crippen molar-refractivity contribution in [2.75, 3.05) is 13.2 Å². The molecule has 1 fully saturated rings. The molecular formula is C24H23F3N2O6. The summed E-state index contributed by atoms with van der Waals surface area (Å²) < 4.78 is 48.6. The minimum absolute atomic E-state index is 0.0387. The molecule has 35 heavy (non-hydrogen) atoms. The fraction of sp³-hybridized carbons (Fsp3) is 0.375. The molecule has 0 spiro atoms. The number of halogens is 3. The van der Waals surface area contributed by atoms with E-state index in [1.807, 2.05) is 53.8 Å². The summed E-state index contributed by atoms with van der Waals surface area (Å²) in [6.45, 7) is 0.0976. The highest BCUT2D eigenvalue weighted by Crippen LogP contribution is 2.44. The molecule has 4 rings (SSSR count). The van der Waals surface area contributed by atoms with Crippen molar-refractivity contribution in [1.29, 1.82) is 0 Å². The monoisotopic (exact) mass is 492 g/mol. The molecule has 2 aromatic rings. The summed E-state index contributed by atoms with van der Waals surface area (Å²) in [4.78, 5) is 36.1. The van der Waals surface area contributed by atoms with E-state index in [9.17, 15) is 27.6 Å². The van der Waals surface area contributed by atoms with Crippen LogP contribution in [0.1, 0.15) is 29.9 Å². The predicted octanol–water partition coefficient (Wildman–Crippen LogP) is 3.20. The number of aliphatic carboxylic acids is 1. The minimum Gasteiger partial charge on any atom is -0.480 e. The number of carbonyl (C=O) groups excluding carboxylic acids is 2. The van der Waals surface area contributed by atoms with Crippen LogP contribution in [0.3, 0.4) is 0 Å². The molecule has 0 aromatic heterocycles. The Morgan fingerprint density at radius 2 is 1.66 bits per heavy atom. The van der Waals surface area contributed by atoms with Gasteiger partial charge in [0.25, 0.3) is 5.91 Å². The number of alkyl carbamates (subject to hydrolysis) is 1. The van der Waals surface area contributed by atoms with Gasteiger partial charge in [0.15, 0.2) is 6.10 Å². The van der Waals surface area contributed by atoms with Gasteiger partial charge >= 0.3 is 18.2 Å². The van der Waals surface area contributed by atoms with Gasteiger partial charge in [-0.25, -0.2) is 9.59 Å². The van der Waals surface area contributed by atoms with E-state index in [2.05, 4.69) is 5.32 Å². The van der Waals surface area contributed by atoms with Crippen molar-refractivity contribution in [3.63, 3.8) is 0 Å². The van der Waals surface area contributed by atoms with Crippen molar-refractivity contribution in [1.82, 2.24) is 10.6 Å². The summed E-state index contributed by atoms with van der Waals surface area (Å²) in [6, 6.07) is 12.5. The highest BCUT2D eigenvalue weighted by molar-refractivity contribution is 5.87. The number of benzene rings is 2. The second-order valence-electron chi connectivity index (χ2n) is 8.38. The Morgan fingerprint density at radius 3 is 2.23 bits per heavy atom. The molecule has 1 aliphatic heterocycles. The molecular weight excluding hydrogens is 469 g/mol. The number of rotatable bonds is 7. The van der Waals surface area contributed by atoms with E-state index in [1.165, 1.54) is 0 Å². The third kappa shape index (κ3) is 5.56. The molecule has 1 heterocycles. The Bertz CT molecular complexity index is 1080. The summed E-state index contributed by atoms with van der Waals surface area (Å²) in [7, 11) is 0. The topological polar surface area (TPSA) is 114 Å². The zero-order chi connectivity index (χ0) is 25.2. The Balaban J connectivity index is 1.36. The molecule has 2 amide bonds. The summed E-state index contributed by atoms with van der Waals surface area (Å²) in [5, 5.41) is 13.4. The predicted molar refractivity (Wildman–Crippen MR) is 117 cm³/mol. The molecule has 186 valence electrons. The first-order valence-electron chi connectivity index (χ1n) is 11.0. The number of carboxylic acid groups (broad SMARTS) is 1. The zero-order valence-electron chi connectivity index (χ0n) is 18.4. The largest absolute Gasteiger partial charge is 0.480 e. The third-order valence-corrected chi connectivity index (χ3v) is 6.05. The van der Waals surface area contributed by atoms with Crippen LogP contribution in [0.2, 0.25) is 0 Å². The average molecular weight is 492 g/mol. The third-order valence-electron chi connectivity index (χ3n) is 6.05. The lowest BCUT2D eigenvalue weighted by atomic mass is 9.98. The van der Waals surface area contributed by atoms with Gasteiger partial charge in [-0.15, -0.1) is 0 Å². The fourth-order valence-corrected chi connectivity index (χ4v) is 4.47. The van der Waals surface area contributed by atoms with Crippen LogP contribution in [0.5, 0.6) is 0 Å². The highest BCUT2D eigenvalue weighted by Gasteiger charge is 2.41. The van der Waals surface area contributed by atoms with E-state index >= 15 is 0 Å². The maximum Gasteiger partial charge on any atom is 0.407 e. The van der Waals surface area contributed by atoms with Gasteiger partial charge in [-0.05, 0) is 28.7 Å². The van der Waals surface area contributed by atoms with E-state index in [0.717, 1.165) is 22.3 Å². The smallest absolute Gasteiger partial charge is 0.407 e. The second kappa shape index (κ2) is 9.95. The molecule has 8 nitrogen and oxygen atoms in total. The molecule has 1 unspecified atom stereocenters. The molecule has 0 radical (unpaired) electrons. The molecule has 1 aliphatic carbocycles.